The minimum absolute atomic E-state index is 0.183. The van der Waals surface area contributed by atoms with Crippen LogP contribution in [0.4, 0.5) is 15.3 Å². The van der Waals surface area contributed by atoms with Crippen molar-refractivity contribution < 1.29 is 28.6 Å². The van der Waals surface area contributed by atoms with E-state index in [-0.39, 0.29) is 17.1 Å². The number of carbonyl (C=O) groups is 3. The molecule has 1 aliphatic heterocycles. The number of thiophene rings is 1. The number of benzene rings is 1. The second-order valence-electron chi connectivity index (χ2n) is 6.86. The van der Waals surface area contributed by atoms with Crippen molar-refractivity contribution in [2.45, 2.75) is 18.9 Å². The molecule has 0 saturated carbocycles. The lowest BCUT2D eigenvalue weighted by molar-refractivity contribution is 0.0134. The number of amides is 4. The Kier molecular flexibility index (Phi) is 6.85. The van der Waals surface area contributed by atoms with E-state index < -0.39 is 24.1 Å². The number of hydrogen-bond donors (Lipinski definition) is 3. The molecule has 3 rings (SSSR count). The molecular formula is C20H24N4O6S. The number of primary amides is 2. The van der Waals surface area contributed by atoms with Gasteiger partial charge in [-0.2, -0.15) is 0 Å². The van der Waals surface area contributed by atoms with Crippen LogP contribution in [0.2, 0.25) is 0 Å². The average Bonchev–Trinajstić information content (AvgIpc) is 3.16. The largest absolute Gasteiger partial charge is 0.497 e. The Morgan fingerprint density at radius 2 is 1.94 bits per heavy atom. The van der Waals surface area contributed by atoms with Gasteiger partial charge in [-0.15, -0.1) is 11.3 Å². The highest BCUT2D eigenvalue weighted by Crippen LogP contribution is 2.41. The Morgan fingerprint density at radius 1 is 1.16 bits per heavy atom. The number of carbonyl (C=O) groups excluding carboxylic acids is 3. The summed E-state index contributed by atoms with van der Waals surface area (Å²) in [5.74, 6) is 0.530. The number of piperidine rings is 1. The van der Waals surface area contributed by atoms with Crippen molar-refractivity contribution in [1.82, 2.24) is 4.90 Å². The maximum Gasteiger partial charge on any atom is 0.350 e. The molecule has 2 heterocycles. The molecule has 4 amide bonds. The number of anilines is 1. The summed E-state index contributed by atoms with van der Waals surface area (Å²) in [4.78, 5) is 38.1. The molecule has 0 spiro atoms. The van der Waals surface area contributed by atoms with Gasteiger partial charge in [-0.1, -0.05) is 0 Å². The van der Waals surface area contributed by atoms with E-state index in [2.05, 4.69) is 5.32 Å². The molecule has 0 radical (unpaired) electrons. The fourth-order valence-corrected chi connectivity index (χ4v) is 4.37. The number of methoxy groups -OCH3 is 2. The van der Waals surface area contributed by atoms with Gasteiger partial charge in [0.1, 0.15) is 22.5 Å². The smallest absolute Gasteiger partial charge is 0.350 e. The molecule has 5 N–H and O–H groups in total. The van der Waals surface area contributed by atoms with Crippen molar-refractivity contribution in [3.05, 3.63) is 29.1 Å². The van der Waals surface area contributed by atoms with Gasteiger partial charge >= 0.3 is 18.0 Å². The van der Waals surface area contributed by atoms with Crippen molar-refractivity contribution in [2.24, 2.45) is 11.5 Å². The second kappa shape index (κ2) is 9.56. The zero-order valence-corrected chi connectivity index (χ0v) is 18.0. The third kappa shape index (κ3) is 5.18. The first kappa shape index (κ1) is 22.2. The van der Waals surface area contributed by atoms with Gasteiger partial charge in [0, 0.05) is 23.1 Å². The Balaban J connectivity index is 1.89. The van der Waals surface area contributed by atoms with Gasteiger partial charge < -0.3 is 35.9 Å². The number of nitrogens with zero attached hydrogens (tertiary/aromatic N) is 1. The SMILES string of the molecule is COc1ccc(-c2cc(NC(N)=O)c(C(=O)OC3CCCN(C(N)=O)C3)s2)c(OC)c1. The molecule has 1 saturated heterocycles. The van der Waals surface area contributed by atoms with E-state index in [1.54, 1.807) is 31.4 Å². The van der Waals surface area contributed by atoms with Crippen LogP contribution in [0.3, 0.4) is 0 Å². The minimum atomic E-state index is -0.808. The van der Waals surface area contributed by atoms with Crippen molar-refractivity contribution in [1.29, 1.82) is 0 Å². The Morgan fingerprint density at radius 3 is 2.58 bits per heavy atom. The Hall–Kier alpha value is -3.47. The zero-order valence-electron chi connectivity index (χ0n) is 17.2. The van der Waals surface area contributed by atoms with Crippen LogP contribution >= 0.6 is 11.3 Å². The molecule has 166 valence electrons. The summed E-state index contributed by atoms with van der Waals surface area (Å²) < 4.78 is 16.3. The fourth-order valence-electron chi connectivity index (χ4n) is 3.34. The van der Waals surface area contributed by atoms with Crippen LogP contribution in [0, 0.1) is 0 Å². The van der Waals surface area contributed by atoms with Crippen molar-refractivity contribution in [3.63, 3.8) is 0 Å². The van der Waals surface area contributed by atoms with E-state index in [1.165, 1.54) is 12.0 Å². The minimum Gasteiger partial charge on any atom is -0.497 e. The highest BCUT2D eigenvalue weighted by molar-refractivity contribution is 7.18. The second-order valence-corrected chi connectivity index (χ2v) is 7.91. The summed E-state index contributed by atoms with van der Waals surface area (Å²) in [6.07, 6.45) is 0.793. The van der Waals surface area contributed by atoms with Crippen LogP contribution in [-0.2, 0) is 4.74 Å². The van der Waals surface area contributed by atoms with E-state index >= 15 is 0 Å². The summed E-state index contributed by atoms with van der Waals surface area (Å²) in [5, 5.41) is 2.47. The number of ether oxygens (including phenoxy) is 3. The predicted octanol–water partition coefficient (Wildman–Crippen LogP) is 2.62. The third-order valence-corrected chi connectivity index (χ3v) is 5.96. The molecular weight excluding hydrogens is 424 g/mol. The topological polar surface area (TPSA) is 146 Å². The number of hydrogen-bond acceptors (Lipinski definition) is 7. The molecule has 1 fully saturated rings. The van der Waals surface area contributed by atoms with Gasteiger partial charge in [-0.05, 0) is 31.0 Å². The number of likely N-dealkylation sites (tertiary alicyclic amines) is 1. The molecule has 1 unspecified atom stereocenters. The molecule has 10 nitrogen and oxygen atoms in total. The van der Waals surface area contributed by atoms with Crippen molar-refractivity contribution >= 4 is 35.1 Å². The Bertz CT molecular complexity index is 992. The molecule has 1 atom stereocenters. The Labute approximate surface area is 183 Å². The van der Waals surface area contributed by atoms with Crippen LogP contribution in [0.15, 0.2) is 24.3 Å². The van der Waals surface area contributed by atoms with Crippen LogP contribution < -0.4 is 26.3 Å². The van der Waals surface area contributed by atoms with Crippen LogP contribution in [0.25, 0.3) is 10.4 Å². The van der Waals surface area contributed by atoms with Gasteiger partial charge in [0.15, 0.2) is 0 Å². The summed E-state index contributed by atoms with van der Waals surface area (Å²) in [6.45, 7) is 0.752. The third-order valence-electron chi connectivity index (χ3n) is 4.81. The molecule has 1 aromatic carbocycles. The predicted molar refractivity (Wildman–Crippen MR) is 116 cm³/mol. The number of nitrogens with one attached hydrogen (secondary N) is 1. The van der Waals surface area contributed by atoms with Crippen LogP contribution in [0.5, 0.6) is 11.5 Å². The van der Waals surface area contributed by atoms with Crippen LogP contribution in [-0.4, -0.2) is 56.3 Å². The van der Waals surface area contributed by atoms with Gasteiger partial charge in [0.25, 0.3) is 0 Å². The molecule has 0 bridgehead atoms. The van der Waals surface area contributed by atoms with E-state index in [4.69, 9.17) is 25.7 Å². The van der Waals surface area contributed by atoms with Gasteiger partial charge in [0.2, 0.25) is 0 Å². The van der Waals surface area contributed by atoms with Gasteiger partial charge in [0.05, 0.1) is 26.5 Å². The number of esters is 1. The first-order valence-electron chi connectivity index (χ1n) is 9.50. The maximum atomic E-state index is 12.9. The first-order valence-corrected chi connectivity index (χ1v) is 10.3. The standard InChI is InChI=1S/C20H24N4O6S/c1-28-11-5-6-13(15(8-11)29-2)16-9-14(23-19(21)26)17(31-16)18(25)30-12-4-3-7-24(10-12)20(22)27/h5-6,8-9,12H,3-4,7,10H2,1-2H3,(H2,22,27)(H3,21,23,26). The quantitative estimate of drug-likeness (QED) is 0.579. The summed E-state index contributed by atoms with van der Waals surface area (Å²) in [6, 6.07) is 5.54. The van der Waals surface area contributed by atoms with E-state index in [0.717, 1.165) is 11.3 Å². The van der Waals surface area contributed by atoms with Crippen molar-refractivity contribution in [2.75, 3.05) is 32.6 Å². The molecule has 31 heavy (non-hydrogen) atoms. The summed E-state index contributed by atoms with van der Waals surface area (Å²) in [7, 11) is 3.07. The molecule has 11 heteroatoms. The average molecular weight is 449 g/mol. The lowest BCUT2D eigenvalue weighted by atomic mass is 10.1. The molecule has 0 aliphatic carbocycles. The van der Waals surface area contributed by atoms with Gasteiger partial charge in [-0.3, -0.25) is 0 Å². The summed E-state index contributed by atoms with van der Waals surface area (Å²) >= 11 is 1.13. The molecule has 1 aliphatic rings. The van der Waals surface area contributed by atoms with Gasteiger partial charge in [-0.25, -0.2) is 14.4 Å². The van der Waals surface area contributed by atoms with Crippen LogP contribution in [0.1, 0.15) is 22.5 Å². The zero-order chi connectivity index (χ0) is 22.5. The first-order chi connectivity index (χ1) is 14.8. The number of nitrogens with two attached hydrogens (primary N) is 2. The van der Waals surface area contributed by atoms with E-state index in [1.807, 2.05) is 0 Å². The molecule has 1 aromatic heterocycles. The highest BCUT2D eigenvalue weighted by Gasteiger charge is 2.28. The summed E-state index contributed by atoms with van der Waals surface area (Å²) in [5.41, 5.74) is 11.5. The van der Waals surface area contributed by atoms with E-state index in [0.29, 0.717) is 41.3 Å². The lowest BCUT2D eigenvalue weighted by Crippen LogP contribution is -2.46. The molecule has 2 aromatic rings. The normalized spacial score (nSPS) is 15.8. The highest BCUT2D eigenvalue weighted by atomic mass is 32.1. The number of urea groups is 2. The lowest BCUT2D eigenvalue weighted by Gasteiger charge is -2.31. The number of rotatable bonds is 6. The monoisotopic (exact) mass is 448 g/mol. The van der Waals surface area contributed by atoms with Crippen molar-refractivity contribution in [3.8, 4) is 21.9 Å². The maximum absolute atomic E-state index is 12.9. The fraction of sp³-hybridized carbons (Fsp3) is 0.350. The van der Waals surface area contributed by atoms with E-state index in [9.17, 15) is 14.4 Å².